The molecule has 1 aliphatic heterocycles. The van der Waals surface area contributed by atoms with Crippen LogP contribution in [0.2, 0.25) is 0 Å². The molecule has 5 aliphatic rings. The number of rotatable bonds is 2. The zero-order valence-corrected chi connectivity index (χ0v) is 11.9. The first-order valence-electron chi connectivity index (χ1n) is 7.60. The first kappa shape index (κ1) is 13.2. The van der Waals surface area contributed by atoms with E-state index in [1.165, 1.54) is 38.8 Å². The van der Waals surface area contributed by atoms with E-state index >= 15 is 0 Å². The highest BCUT2D eigenvalue weighted by Gasteiger charge is 2.48. The number of nitrogens with zero attached hydrogens (tertiary/aromatic N) is 1. The van der Waals surface area contributed by atoms with Gasteiger partial charge in [-0.1, -0.05) is 0 Å². The van der Waals surface area contributed by atoms with Crippen LogP contribution in [0.1, 0.15) is 32.1 Å². The Labute approximate surface area is 116 Å². The zero-order valence-electron chi connectivity index (χ0n) is 11.1. The molecule has 0 aromatic heterocycles. The van der Waals surface area contributed by atoms with Crippen LogP contribution < -0.4 is 10.7 Å². The number of hydrazine groups is 1. The van der Waals surface area contributed by atoms with E-state index in [1.54, 1.807) is 6.42 Å². The molecule has 104 valence electrons. The van der Waals surface area contributed by atoms with Gasteiger partial charge >= 0.3 is 0 Å². The van der Waals surface area contributed by atoms with Crippen molar-refractivity contribution in [3.05, 3.63) is 0 Å². The molecule has 2 N–H and O–H groups in total. The molecular formula is C14H26ClN3. The Bertz CT molecular complexity index is 263. The average molecular weight is 272 g/mol. The third-order valence-electron chi connectivity index (χ3n) is 5.68. The lowest BCUT2D eigenvalue weighted by molar-refractivity contribution is -0.0451. The SMILES string of the molecule is C1CN(NC2C3CC4CC(C3)CC2C4)CCN1.Cl. The van der Waals surface area contributed by atoms with Crippen molar-refractivity contribution in [2.24, 2.45) is 23.7 Å². The van der Waals surface area contributed by atoms with Crippen molar-refractivity contribution in [2.75, 3.05) is 26.2 Å². The van der Waals surface area contributed by atoms with Crippen LogP contribution in [-0.4, -0.2) is 37.2 Å². The highest BCUT2D eigenvalue weighted by atomic mass is 35.5. The third-order valence-corrected chi connectivity index (χ3v) is 5.68. The molecule has 0 unspecified atom stereocenters. The maximum Gasteiger partial charge on any atom is 0.0272 e. The fraction of sp³-hybridized carbons (Fsp3) is 1.00. The van der Waals surface area contributed by atoms with Crippen molar-refractivity contribution in [2.45, 2.75) is 38.1 Å². The van der Waals surface area contributed by atoms with E-state index in [0.29, 0.717) is 0 Å². The third kappa shape index (κ3) is 2.31. The molecular weight excluding hydrogens is 246 g/mol. The molecule has 4 saturated carbocycles. The monoisotopic (exact) mass is 271 g/mol. The van der Waals surface area contributed by atoms with E-state index in [0.717, 1.165) is 42.8 Å². The van der Waals surface area contributed by atoms with Gasteiger partial charge in [0, 0.05) is 32.2 Å². The van der Waals surface area contributed by atoms with Gasteiger partial charge in [-0.3, -0.25) is 5.43 Å². The first-order valence-corrected chi connectivity index (χ1v) is 7.60. The molecule has 0 atom stereocenters. The Morgan fingerprint density at radius 1 is 0.833 bits per heavy atom. The Morgan fingerprint density at radius 2 is 1.39 bits per heavy atom. The number of piperazine rings is 1. The predicted octanol–water partition coefficient (Wildman–Crippen LogP) is 1.64. The summed E-state index contributed by atoms with van der Waals surface area (Å²) in [6.45, 7) is 4.67. The summed E-state index contributed by atoms with van der Waals surface area (Å²) in [7, 11) is 0. The summed E-state index contributed by atoms with van der Waals surface area (Å²) < 4.78 is 0. The molecule has 5 fully saturated rings. The molecule has 0 spiro atoms. The molecule has 1 saturated heterocycles. The lowest BCUT2D eigenvalue weighted by Crippen LogP contribution is -2.61. The van der Waals surface area contributed by atoms with Crippen LogP contribution in [0.4, 0.5) is 0 Å². The molecule has 18 heavy (non-hydrogen) atoms. The summed E-state index contributed by atoms with van der Waals surface area (Å²) in [5, 5.41) is 5.92. The molecule has 0 aromatic carbocycles. The standard InChI is InChI=1S/C14H25N3.ClH/c1-3-17(4-2-15-1)16-14-12-6-10-5-11(8-12)9-13(14)7-10;/h10-16H,1-9H2;1H. The van der Waals surface area contributed by atoms with Gasteiger partial charge in [0.15, 0.2) is 0 Å². The van der Waals surface area contributed by atoms with Crippen LogP contribution >= 0.6 is 12.4 Å². The van der Waals surface area contributed by atoms with Crippen LogP contribution in [0.5, 0.6) is 0 Å². The largest absolute Gasteiger partial charge is 0.314 e. The van der Waals surface area contributed by atoms with E-state index in [9.17, 15) is 0 Å². The van der Waals surface area contributed by atoms with E-state index in [-0.39, 0.29) is 12.4 Å². The van der Waals surface area contributed by atoms with Gasteiger partial charge < -0.3 is 5.32 Å². The lowest BCUT2D eigenvalue weighted by Gasteiger charge is -2.55. The molecule has 3 nitrogen and oxygen atoms in total. The summed E-state index contributed by atoms with van der Waals surface area (Å²) in [6, 6.07) is 0.820. The minimum Gasteiger partial charge on any atom is -0.314 e. The van der Waals surface area contributed by atoms with Gasteiger partial charge in [0.2, 0.25) is 0 Å². The van der Waals surface area contributed by atoms with E-state index < -0.39 is 0 Å². The molecule has 4 bridgehead atoms. The summed E-state index contributed by atoms with van der Waals surface area (Å²) in [5.74, 6) is 4.19. The van der Waals surface area contributed by atoms with Gasteiger partial charge in [0.05, 0.1) is 0 Å². The Balaban J connectivity index is 0.000001000. The molecule has 1 heterocycles. The van der Waals surface area contributed by atoms with Crippen LogP contribution in [0.3, 0.4) is 0 Å². The first-order chi connectivity index (χ1) is 8.38. The predicted molar refractivity (Wildman–Crippen MR) is 75.7 cm³/mol. The minimum absolute atomic E-state index is 0. The van der Waals surface area contributed by atoms with Gasteiger partial charge in [-0.25, -0.2) is 5.01 Å². The molecule has 0 radical (unpaired) electrons. The summed E-state index contributed by atoms with van der Waals surface area (Å²) >= 11 is 0. The van der Waals surface area contributed by atoms with Crippen LogP contribution in [0.25, 0.3) is 0 Å². The van der Waals surface area contributed by atoms with Gasteiger partial charge in [-0.15, -0.1) is 12.4 Å². The van der Waals surface area contributed by atoms with Crippen LogP contribution in [0, 0.1) is 23.7 Å². The van der Waals surface area contributed by atoms with Gasteiger partial charge in [0.25, 0.3) is 0 Å². The molecule has 5 rings (SSSR count). The highest BCUT2D eigenvalue weighted by Crippen LogP contribution is 2.53. The van der Waals surface area contributed by atoms with Crippen LogP contribution in [-0.2, 0) is 0 Å². The fourth-order valence-electron chi connectivity index (χ4n) is 5.14. The minimum atomic E-state index is 0. The topological polar surface area (TPSA) is 27.3 Å². The van der Waals surface area contributed by atoms with Gasteiger partial charge in [-0.2, -0.15) is 0 Å². The second-order valence-electron chi connectivity index (χ2n) is 6.82. The smallest absolute Gasteiger partial charge is 0.0272 e. The highest BCUT2D eigenvalue weighted by molar-refractivity contribution is 5.85. The Morgan fingerprint density at radius 3 is 1.94 bits per heavy atom. The Kier molecular flexibility index (Phi) is 3.86. The lowest BCUT2D eigenvalue weighted by atomic mass is 9.54. The van der Waals surface area contributed by atoms with Crippen molar-refractivity contribution in [3.63, 3.8) is 0 Å². The van der Waals surface area contributed by atoms with Crippen LogP contribution in [0.15, 0.2) is 0 Å². The van der Waals surface area contributed by atoms with E-state index in [1.807, 2.05) is 0 Å². The Hall–Kier alpha value is 0.170. The zero-order chi connectivity index (χ0) is 11.2. The summed E-state index contributed by atoms with van der Waals surface area (Å²) in [5.41, 5.74) is 3.89. The van der Waals surface area contributed by atoms with Crippen molar-refractivity contribution >= 4 is 12.4 Å². The van der Waals surface area contributed by atoms with Crippen molar-refractivity contribution < 1.29 is 0 Å². The number of halogens is 1. The van der Waals surface area contributed by atoms with Gasteiger partial charge in [-0.05, 0) is 55.8 Å². The molecule has 4 aliphatic carbocycles. The van der Waals surface area contributed by atoms with E-state index in [2.05, 4.69) is 15.8 Å². The summed E-state index contributed by atoms with van der Waals surface area (Å²) in [4.78, 5) is 0. The average Bonchev–Trinajstić information content (AvgIpc) is 2.34. The van der Waals surface area contributed by atoms with E-state index in [4.69, 9.17) is 0 Å². The quantitative estimate of drug-likeness (QED) is 0.800. The van der Waals surface area contributed by atoms with Crippen molar-refractivity contribution in [3.8, 4) is 0 Å². The normalized spacial score (nSPS) is 47.0. The second kappa shape index (κ2) is 5.28. The summed E-state index contributed by atoms with van der Waals surface area (Å²) in [6.07, 6.45) is 7.66. The fourth-order valence-corrected chi connectivity index (χ4v) is 5.14. The van der Waals surface area contributed by atoms with Crippen molar-refractivity contribution in [1.29, 1.82) is 0 Å². The second-order valence-corrected chi connectivity index (χ2v) is 6.82. The maximum absolute atomic E-state index is 3.89. The molecule has 0 amide bonds. The van der Waals surface area contributed by atoms with Gasteiger partial charge in [0.1, 0.15) is 0 Å². The number of nitrogens with one attached hydrogen (secondary N) is 2. The number of hydrogen-bond acceptors (Lipinski definition) is 3. The maximum atomic E-state index is 3.89. The molecule has 4 heteroatoms. The number of hydrogen-bond donors (Lipinski definition) is 2. The molecule has 0 aromatic rings. The van der Waals surface area contributed by atoms with Crippen molar-refractivity contribution in [1.82, 2.24) is 15.8 Å².